The van der Waals surface area contributed by atoms with Gasteiger partial charge in [-0.1, -0.05) is 53.1 Å². The highest BCUT2D eigenvalue weighted by molar-refractivity contribution is 9.09. The standard InChI is InChI=1S/C12H19BrO/c13-9-5-1-2-6-10-14-11-12-7-3-4-8-12/h3-4,7-8,12H,1-2,5-6,9-11H2. The minimum absolute atomic E-state index is 0.526. The molecule has 1 rings (SSSR count). The van der Waals surface area contributed by atoms with Crippen molar-refractivity contribution in [1.29, 1.82) is 0 Å². The molecule has 14 heavy (non-hydrogen) atoms. The molecule has 0 unspecified atom stereocenters. The van der Waals surface area contributed by atoms with Crippen LogP contribution in [0.4, 0.5) is 0 Å². The van der Waals surface area contributed by atoms with Crippen LogP contribution >= 0.6 is 15.9 Å². The summed E-state index contributed by atoms with van der Waals surface area (Å²) in [6, 6.07) is 0. The zero-order valence-electron chi connectivity index (χ0n) is 8.62. The third-order valence-electron chi connectivity index (χ3n) is 2.31. The number of rotatable bonds is 8. The number of ether oxygens (including phenoxy) is 1. The summed E-state index contributed by atoms with van der Waals surface area (Å²) >= 11 is 3.43. The summed E-state index contributed by atoms with van der Waals surface area (Å²) in [4.78, 5) is 0. The second-order valence-corrected chi connectivity index (χ2v) is 4.40. The molecule has 0 bridgehead atoms. The molecule has 0 heterocycles. The monoisotopic (exact) mass is 258 g/mol. The van der Waals surface area contributed by atoms with E-state index in [1.165, 1.54) is 25.7 Å². The molecule has 0 fully saturated rings. The van der Waals surface area contributed by atoms with Gasteiger partial charge in [0.05, 0.1) is 6.61 Å². The van der Waals surface area contributed by atoms with E-state index >= 15 is 0 Å². The van der Waals surface area contributed by atoms with Gasteiger partial charge in [0.15, 0.2) is 0 Å². The third-order valence-corrected chi connectivity index (χ3v) is 2.87. The Morgan fingerprint density at radius 1 is 1.00 bits per heavy atom. The lowest BCUT2D eigenvalue weighted by Gasteiger charge is -2.06. The Balaban J connectivity index is 1.80. The van der Waals surface area contributed by atoms with Crippen LogP contribution in [-0.2, 0) is 4.74 Å². The van der Waals surface area contributed by atoms with E-state index in [1.54, 1.807) is 0 Å². The van der Waals surface area contributed by atoms with Gasteiger partial charge in [-0.15, -0.1) is 0 Å². The number of allylic oxidation sites excluding steroid dienone is 2. The molecule has 2 heteroatoms. The smallest absolute Gasteiger partial charge is 0.0563 e. The Morgan fingerprint density at radius 3 is 2.43 bits per heavy atom. The molecule has 0 aromatic heterocycles. The van der Waals surface area contributed by atoms with Crippen molar-refractivity contribution in [1.82, 2.24) is 0 Å². The van der Waals surface area contributed by atoms with Crippen LogP contribution < -0.4 is 0 Å². The van der Waals surface area contributed by atoms with Crippen molar-refractivity contribution in [3.63, 3.8) is 0 Å². The average molecular weight is 259 g/mol. The van der Waals surface area contributed by atoms with Crippen molar-refractivity contribution >= 4 is 15.9 Å². The summed E-state index contributed by atoms with van der Waals surface area (Å²) in [5, 5.41) is 1.13. The minimum Gasteiger partial charge on any atom is -0.381 e. The highest BCUT2D eigenvalue weighted by atomic mass is 79.9. The maximum absolute atomic E-state index is 5.58. The Labute approximate surface area is 95.3 Å². The van der Waals surface area contributed by atoms with E-state index in [0.29, 0.717) is 5.92 Å². The van der Waals surface area contributed by atoms with Crippen LogP contribution in [-0.4, -0.2) is 18.5 Å². The average Bonchev–Trinajstić information content (AvgIpc) is 2.69. The molecule has 0 N–H and O–H groups in total. The van der Waals surface area contributed by atoms with Crippen LogP contribution in [0.5, 0.6) is 0 Å². The second kappa shape index (κ2) is 8.25. The first-order chi connectivity index (χ1) is 6.93. The molecule has 0 aliphatic heterocycles. The molecule has 0 aromatic rings. The summed E-state index contributed by atoms with van der Waals surface area (Å²) in [6.07, 6.45) is 13.6. The fraction of sp³-hybridized carbons (Fsp3) is 0.667. The first-order valence-corrected chi connectivity index (χ1v) is 6.54. The normalized spacial score (nSPS) is 15.5. The third kappa shape index (κ3) is 5.61. The van der Waals surface area contributed by atoms with Gasteiger partial charge in [-0.3, -0.25) is 0 Å². The predicted molar refractivity (Wildman–Crippen MR) is 64.9 cm³/mol. The zero-order valence-corrected chi connectivity index (χ0v) is 10.2. The van der Waals surface area contributed by atoms with Crippen molar-refractivity contribution < 1.29 is 4.74 Å². The van der Waals surface area contributed by atoms with Crippen LogP contribution in [0.25, 0.3) is 0 Å². The number of halogens is 1. The van der Waals surface area contributed by atoms with E-state index in [9.17, 15) is 0 Å². The minimum atomic E-state index is 0.526. The van der Waals surface area contributed by atoms with Gasteiger partial charge in [0.2, 0.25) is 0 Å². The van der Waals surface area contributed by atoms with Gasteiger partial charge in [0, 0.05) is 17.9 Å². The molecule has 0 radical (unpaired) electrons. The molecule has 80 valence electrons. The van der Waals surface area contributed by atoms with Gasteiger partial charge < -0.3 is 4.74 Å². The molecule has 0 saturated heterocycles. The predicted octanol–water partition coefficient (Wildman–Crippen LogP) is 3.70. The first-order valence-electron chi connectivity index (χ1n) is 5.42. The van der Waals surface area contributed by atoms with Crippen LogP contribution in [0.2, 0.25) is 0 Å². The number of alkyl halides is 1. The SMILES string of the molecule is BrCCCCCCOCC1C=CC=C1. The van der Waals surface area contributed by atoms with Gasteiger partial charge in [-0.05, 0) is 12.8 Å². The van der Waals surface area contributed by atoms with Crippen LogP contribution in [0.15, 0.2) is 24.3 Å². The molecular weight excluding hydrogens is 240 g/mol. The van der Waals surface area contributed by atoms with Gasteiger partial charge in [0.25, 0.3) is 0 Å². The highest BCUT2D eigenvalue weighted by Crippen LogP contribution is 2.09. The molecule has 0 atom stereocenters. The second-order valence-electron chi connectivity index (χ2n) is 3.61. The molecule has 1 aliphatic rings. The molecule has 0 aromatic carbocycles. The summed E-state index contributed by atoms with van der Waals surface area (Å²) in [6.45, 7) is 1.77. The Morgan fingerprint density at radius 2 is 1.71 bits per heavy atom. The van der Waals surface area contributed by atoms with Crippen LogP contribution in [0, 0.1) is 5.92 Å². The Hall–Kier alpha value is -0.0800. The van der Waals surface area contributed by atoms with Crippen molar-refractivity contribution in [2.24, 2.45) is 5.92 Å². The number of unbranched alkanes of at least 4 members (excludes halogenated alkanes) is 3. The highest BCUT2D eigenvalue weighted by Gasteiger charge is 2.02. The summed E-state index contributed by atoms with van der Waals surface area (Å²) in [7, 11) is 0. The molecular formula is C12H19BrO. The lowest BCUT2D eigenvalue weighted by Crippen LogP contribution is -2.04. The quantitative estimate of drug-likeness (QED) is 0.477. The van der Waals surface area contributed by atoms with Crippen molar-refractivity contribution in [3.8, 4) is 0 Å². The largest absolute Gasteiger partial charge is 0.381 e. The molecule has 1 nitrogen and oxygen atoms in total. The lowest BCUT2D eigenvalue weighted by atomic mass is 10.2. The Kier molecular flexibility index (Phi) is 7.06. The summed E-state index contributed by atoms with van der Waals surface area (Å²) in [5.41, 5.74) is 0. The fourth-order valence-corrected chi connectivity index (χ4v) is 1.86. The molecule has 1 aliphatic carbocycles. The van der Waals surface area contributed by atoms with Crippen molar-refractivity contribution in [2.75, 3.05) is 18.5 Å². The van der Waals surface area contributed by atoms with E-state index in [0.717, 1.165) is 18.5 Å². The van der Waals surface area contributed by atoms with Gasteiger partial charge >= 0.3 is 0 Å². The Bertz CT molecular complexity index is 175. The summed E-state index contributed by atoms with van der Waals surface area (Å²) < 4.78 is 5.58. The van der Waals surface area contributed by atoms with Gasteiger partial charge in [-0.2, -0.15) is 0 Å². The first kappa shape index (κ1) is 12.0. The van der Waals surface area contributed by atoms with E-state index in [2.05, 4.69) is 40.2 Å². The van der Waals surface area contributed by atoms with Gasteiger partial charge in [-0.25, -0.2) is 0 Å². The lowest BCUT2D eigenvalue weighted by molar-refractivity contribution is 0.119. The number of hydrogen-bond donors (Lipinski definition) is 0. The zero-order chi connectivity index (χ0) is 10.1. The molecule has 0 amide bonds. The van der Waals surface area contributed by atoms with E-state index < -0.39 is 0 Å². The number of hydrogen-bond acceptors (Lipinski definition) is 1. The maximum atomic E-state index is 5.58. The molecule has 0 spiro atoms. The van der Waals surface area contributed by atoms with E-state index in [-0.39, 0.29) is 0 Å². The van der Waals surface area contributed by atoms with E-state index in [1.807, 2.05) is 0 Å². The maximum Gasteiger partial charge on any atom is 0.0563 e. The fourth-order valence-electron chi connectivity index (χ4n) is 1.46. The van der Waals surface area contributed by atoms with Crippen LogP contribution in [0.3, 0.4) is 0 Å². The van der Waals surface area contributed by atoms with Gasteiger partial charge in [0.1, 0.15) is 0 Å². The van der Waals surface area contributed by atoms with E-state index in [4.69, 9.17) is 4.74 Å². The van der Waals surface area contributed by atoms with Crippen molar-refractivity contribution in [2.45, 2.75) is 25.7 Å². The van der Waals surface area contributed by atoms with Crippen molar-refractivity contribution in [3.05, 3.63) is 24.3 Å². The van der Waals surface area contributed by atoms with Crippen LogP contribution in [0.1, 0.15) is 25.7 Å². The summed E-state index contributed by atoms with van der Waals surface area (Å²) in [5.74, 6) is 0.526. The molecule has 0 saturated carbocycles. The topological polar surface area (TPSA) is 9.23 Å².